The molecule has 6 aromatic heterocycles. The minimum Gasteiger partial charge on any atom is -0.292 e. The maximum absolute atomic E-state index is 5.36. The third-order valence-corrected chi connectivity index (χ3v) is 11.0. The highest BCUT2D eigenvalue weighted by atomic mass is 15.2. The molecule has 0 bridgehead atoms. The Balaban J connectivity index is 1.20. The summed E-state index contributed by atoms with van der Waals surface area (Å²) in [7, 11) is 0. The van der Waals surface area contributed by atoms with Crippen molar-refractivity contribution in [1.29, 1.82) is 0 Å². The molecule has 0 radical (unpaired) electrons. The highest BCUT2D eigenvalue weighted by Crippen LogP contribution is 2.41. The van der Waals surface area contributed by atoms with Crippen LogP contribution in [0.1, 0.15) is 0 Å². The molecule has 0 aliphatic rings. The van der Waals surface area contributed by atoms with Gasteiger partial charge in [-0.25, -0.2) is 9.97 Å². The van der Waals surface area contributed by atoms with Crippen molar-refractivity contribution in [2.24, 2.45) is 0 Å². The first-order chi connectivity index (χ1) is 28.8. The van der Waals surface area contributed by atoms with Crippen LogP contribution in [0.15, 0.2) is 182 Å². The van der Waals surface area contributed by atoms with Crippen LogP contribution in [0.4, 0.5) is 0 Å². The van der Waals surface area contributed by atoms with Gasteiger partial charge in [0.2, 0.25) is 5.95 Å². The summed E-state index contributed by atoms with van der Waals surface area (Å²) in [6.45, 7) is 0. The number of nitrogens with zero attached hydrogens (tertiary/aromatic N) is 8. The second kappa shape index (κ2) is 12.7. The van der Waals surface area contributed by atoms with Crippen LogP contribution < -0.4 is 0 Å². The van der Waals surface area contributed by atoms with Crippen molar-refractivity contribution < 1.29 is 0 Å². The molecule has 0 atom stereocenters. The van der Waals surface area contributed by atoms with Crippen LogP contribution in [-0.4, -0.2) is 38.9 Å². The van der Waals surface area contributed by atoms with Crippen molar-refractivity contribution >= 4 is 60.2 Å². The maximum atomic E-state index is 5.36. The van der Waals surface area contributed by atoms with Crippen LogP contribution in [0, 0.1) is 0 Å². The second-order valence-corrected chi connectivity index (χ2v) is 14.4. The number of pyridine rings is 3. The molecule has 270 valence electrons. The molecule has 6 heterocycles. The van der Waals surface area contributed by atoms with Gasteiger partial charge in [0.05, 0.1) is 39.0 Å². The Morgan fingerprint density at radius 1 is 0.379 bits per heavy atom. The number of fused-ring (bicyclic) bond motifs is 12. The van der Waals surface area contributed by atoms with Gasteiger partial charge in [-0.05, 0) is 66.7 Å². The summed E-state index contributed by atoms with van der Waals surface area (Å²) in [6.07, 6.45) is 3.62. The summed E-state index contributed by atoms with van der Waals surface area (Å²) in [5, 5.41) is 5.46. The predicted octanol–water partition coefficient (Wildman–Crippen LogP) is 11.5. The lowest BCUT2D eigenvalue weighted by Crippen LogP contribution is -2.07. The van der Waals surface area contributed by atoms with Crippen molar-refractivity contribution in [2.45, 2.75) is 0 Å². The van der Waals surface area contributed by atoms with Gasteiger partial charge >= 0.3 is 0 Å². The highest BCUT2D eigenvalue weighted by Gasteiger charge is 2.23. The van der Waals surface area contributed by atoms with Crippen LogP contribution >= 0.6 is 0 Å². The van der Waals surface area contributed by atoms with Crippen LogP contribution in [0.2, 0.25) is 0 Å². The van der Waals surface area contributed by atoms with Crippen LogP contribution in [0.5, 0.6) is 0 Å². The average molecular weight is 743 g/mol. The molecule has 0 saturated heterocycles. The number of aromatic nitrogens is 8. The van der Waals surface area contributed by atoms with E-state index in [1.165, 1.54) is 0 Å². The van der Waals surface area contributed by atoms with Crippen molar-refractivity contribution in [3.8, 4) is 51.2 Å². The van der Waals surface area contributed by atoms with Crippen LogP contribution in [0.25, 0.3) is 111 Å². The molecule has 0 aliphatic heterocycles. The Labute approximate surface area is 331 Å². The van der Waals surface area contributed by atoms with Crippen LogP contribution in [-0.2, 0) is 0 Å². The van der Waals surface area contributed by atoms with Gasteiger partial charge < -0.3 is 0 Å². The molecule has 12 rings (SSSR count). The standard InChI is InChI=1S/C50H30N8/c1-4-22-42-35(17-1)36-25-26-38-45(37-18-2-5-23-43(37)57-44-24-6-3-21-41(44)53-49(38)57)46(36)58(42)50-55-47(33-15-11-13-31(29-33)39-19-7-9-27-51-39)54-48(56-50)34-16-12-14-32(30-34)40-20-8-10-28-52-40/h1-30H. The molecule has 0 spiro atoms. The number of imidazole rings is 1. The molecular weight excluding hydrogens is 713 g/mol. The third kappa shape index (κ3) is 4.95. The van der Waals surface area contributed by atoms with Crippen molar-refractivity contribution in [1.82, 2.24) is 38.9 Å². The van der Waals surface area contributed by atoms with Gasteiger partial charge in [0.15, 0.2) is 11.6 Å². The molecule has 0 amide bonds. The highest BCUT2D eigenvalue weighted by molar-refractivity contribution is 6.27. The van der Waals surface area contributed by atoms with Gasteiger partial charge in [-0.3, -0.25) is 18.9 Å². The zero-order chi connectivity index (χ0) is 38.2. The van der Waals surface area contributed by atoms with E-state index in [0.717, 1.165) is 93.8 Å². The molecule has 0 aliphatic carbocycles. The second-order valence-electron chi connectivity index (χ2n) is 14.4. The number of para-hydroxylation sites is 4. The molecule has 0 fully saturated rings. The largest absolute Gasteiger partial charge is 0.292 e. The van der Waals surface area contributed by atoms with Gasteiger partial charge in [-0.1, -0.05) is 103 Å². The smallest absolute Gasteiger partial charge is 0.238 e. The molecule has 12 aromatic rings. The minimum atomic E-state index is 0.516. The molecule has 8 nitrogen and oxygen atoms in total. The monoisotopic (exact) mass is 742 g/mol. The lowest BCUT2D eigenvalue weighted by atomic mass is 10.0. The molecule has 6 aromatic carbocycles. The Morgan fingerprint density at radius 3 is 1.62 bits per heavy atom. The fourth-order valence-corrected chi connectivity index (χ4v) is 8.48. The van der Waals surface area contributed by atoms with E-state index in [2.05, 4.69) is 122 Å². The van der Waals surface area contributed by atoms with Crippen molar-refractivity contribution in [3.05, 3.63) is 182 Å². The zero-order valence-corrected chi connectivity index (χ0v) is 30.9. The first-order valence-electron chi connectivity index (χ1n) is 19.2. The van der Waals surface area contributed by atoms with E-state index in [9.17, 15) is 0 Å². The topological polar surface area (TPSA) is 86.7 Å². The van der Waals surface area contributed by atoms with Crippen molar-refractivity contribution in [3.63, 3.8) is 0 Å². The molecule has 58 heavy (non-hydrogen) atoms. The van der Waals surface area contributed by atoms with E-state index in [-0.39, 0.29) is 0 Å². The summed E-state index contributed by atoms with van der Waals surface area (Å²) in [4.78, 5) is 30.4. The minimum absolute atomic E-state index is 0.516. The van der Waals surface area contributed by atoms with E-state index in [4.69, 9.17) is 19.9 Å². The zero-order valence-electron chi connectivity index (χ0n) is 30.9. The Morgan fingerprint density at radius 2 is 0.948 bits per heavy atom. The quantitative estimate of drug-likeness (QED) is 0.163. The fourth-order valence-electron chi connectivity index (χ4n) is 8.48. The van der Waals surface area contributed by atoms with Gasteiger partial charge in [0.1, 0.15) is 5.65 Å². The Bertz CT molecular complexity index is 3470. The Hall–Kier alpha value is -8.10. The number of benzene rings is 6. The van der Waals surface area contributed by atoms with Gasteiger partial charge in [-0.2, -0.15) is 9.97 Å². The lowest BCUT2D eigenvalue weighted by Gasteiger charge is -2.14. The van der Waals surface area contributed by atoms with E-state index in [1.807, 2.05) is 79.1 Å². The van der Waals surface area contributed by atoms with Gasteiger partial charge in [0, 0.05) is 61.6 Å². The summed E-state index contributed by atoms with van der Waals surface area (Å²) < 4.78 is 4.51. The molecule has 0 saturated carbocycles. The SMILES string of the molecule is c1ccc(-c2cccc(-c3nc(-c4cccc(-c5ccccn5)c4)nc(-n4c5ccccc5c5ccc6c(c7ccccc7n7c8ccccc8nc67)c54)n3)c2)nc1. The molecule has 0 unspecified atom stereocenters. The molecule has 8 heteroatoms. The van der Waals surface area contributed by atoms with Gasteiger partial charge in [-0.15, -0.1) is 0 Å². The first-order valence-corrected chi connectivity index (χ1v) is 19.2. The number of rotatable bonds is 5. The molecular formula is C50H30N8. The average Bonchev–Trinajstić information content (AvgIpc) is 3.86. The van der Waals surface area contributed by atoms with Gasteiger partial charge in [0.25, 0.3) is 0 Å². The summed E-state index contributed by atoms with van der Waals surface area (Å²) in [6, 6.07) is 58.3. The van der Waals surface area contributed by atoms with E-state index in [1.54, 1.807) is 0 Å². The molecule has 0 N–H and O–H groups in total. The number of hydrogen-bond donors (Lipinski definition) is 0. The lowest BCUT2D eigenvalue weighted by molar-refractivity contribution is 0.955. The maximum Gasteiger partial charge on any atom is 0.238 e. The van der Waals surface area contributed by atoms with E-state index >= 15 is 0 Å². The summed E-state index contributed by atoms with van der Waals surface area (Å²) in [5.41, 5.74) is 11.4. The van der Waals surface area contributed by atoms with Crippen LogP contribution in [0.3, 0.4) is 0 Å². The summed E-state index contributed by atoms with van der Waals surface area (Å²) in [5.74, 6) is 1.63. The van der Waals surface area contributed by atoms with E-state index in [0.29, 0.717) is 17.6 Å². The predicted molar refractivity (Wildman–Crippen MR) is 233 cm³/mol. The number of hydrogen-bond acceptors (Lipinski definition) is 6. The van der Waals surface area contributed by atoms with Crippen molar-refractivity contribution in [2.75, 3.05) is 0 Å². The van der Waals surface area contributed by atoms with E-state index < -0.39 is 0 Å². The summed E-state index contributed by atoms with van der Waals surface area (Å²) >= 11 is 0. The normalized spacial score (nSPS) is 11.8. The fraction of sp³-hybridized carbons (Fsp3) is 0. The Kier molecular flexibility index (Phi) is 7.06. The third-order valence-electron chi connectivity index (χ3n) is 11.0. The first kappa shape index (κ1) is 32.2.